The molecule has 9 heteroatoms. The number of hydrogen-bond acceptors (Lipinski definition) is 7. The van der Waals surface area contributed by atoms with Gasteiger partial charge in [-0.25, -0.2) is 0 Å². The molecular formula is C33H41N5O4. The van der Waals surface area contributed by atoms with Gasteiger partial charge in [-0.1, -0.05) is 55.8 Å². The highest BCUT2D eigenvalue weighted by molar-refractivity contribution is 6.00. The second kappa shape index (κ2) is 15.5. The van der Waals surface area contributed by atoms with E-state index in [1.165, 1.54) is 5.56 Å². The van der Waals surface area contributed by atoms with Crippen LogP contribution < -0.4 is 26.9 Å². The molecule has 1 atom stereocenters. The molecule has 0 spiro atoms. The number of Topliss-reactive ketones (excluding diaryl/α,β-unsaturated/α-hetero) is 1. The van der Waals surface area contributed by atoms with Crippen molar-refractivity contribution in [2.45, 2.75) is 57.9 Å². The molecular weight excluding hydrogens is 530 g/mol. The van der Waals surface area contributed by atoms with E-state index in [4.69, 9.17) is 20.7 Å². The van der Waals surface area contributed by atoms with Crippen molar-refractivity contribution in [3.8, 4) is 5.75 Å². The van der Waals surface area contributed by atoms with E-state index >= 15 is 0 Å². The fraction of sp³-hybridized carbons (Fsp3) is 0.364. The summed E-state index contributed by atoms with van der Waals surface area (Å²) in [6.07, 6.45) is 11.0. The second-order valence-corrected chi connectivity index (χ2v) is 10.5. The lowest BCUT2D eigenvalue weighted by atomic mass is 9.82. The quantitative estimate of drug-likeness (QED) is 0.0659. The molecule has 4 rings (SSSR count). The molecule has 1 aliphatic carbocycles. The maximum absolute atomic E-state index is 13.5. The molecule has 42 heavy (non-hydrogen) atoms. The predicted octanol–water partition coefficient (Wildman–Crippen LogP) is 4.31. The van der Waals surface area contributed by atoms with Crippen molar-refractivity contribution in [2.75, 3.05) is 13.2 Å². The molecule has 0 bridgehead atoms. The number of amidine groups is 1. The van der Waals surface area contributed by atoms with E-state index in [2.05, 4.69) is 27.9 Å². The molecule has 1 unspecified atom stereocenters. The fourth-order valence-corrected chi connectivity index (χ4v) is 4.88. The lowest BCUT2D eigenvalue weighted by Crippen LogP contribution is -2.45. The Bertz CT molecular complexity index is 1360. The third kappa shape index (κ3) is 8.49. The van der Waals surface area contributed by atoms with Crippen molar-refractivity contribution in [3.05, 3.63) is 95.5 Å². The number of hydrazone groups is 1. The average Bonchev–Trinajstić information content (AvgIpc) is 3.52. The van der Waals surface area contributed by atoms with Gasteiger partial charge in [0.1, 0.15) is 18.4 Å². The van der Waals surface area contributed by atoms with Crippen molar-refractivity contribution < 1.29 is 18.7 Å². The molecule has 1 aromatic heterocycles. The van der Waals surface area contributed by atoms with E-state index in [-0.39, 0.29) is 30.1 Å². The number of aryl methyl sites for hydroxylation is 1. The Morgan fingerprint density at radius 1 is 1.14 bits per heavy atom. The minimum Gasteiger partial charge on any atom is -0.485 e. The van der Waals surface area contributed by atoms with Gasteiger partial charge >= 0.3 is 0 Å². The van der Waals surface area contributed by atoms with Crippen LogP contribution in [0.4, 0.5) is 0 Å². The van der Waals surface area contributed by atoms with Gasteiger partial charge in [-0.3, -0.25) is 9.59 Å². The third-order valence-corrected chi connectivity index (χ3v) is 7.50. The zero-order valence-corrected chi connectivity index (χ0v) is 24.2. The first-order chi connectivity index (χ1) is 20.5. The number of nitrogens with zero attached hydrogens (tertiary/aromatic N) is 1. The Hall–Kier alpha value is -4.53. The first kappa shape index (κ1) is 30.4. The van der Waals surface area contributed by atoms with Crippen molar-refractivity contribution in [1.29, 1.82) is 0 Å². The van der Waals surface area contributed by atoms with Crippen LogP contribution in [0.1, 0.15) is 61.3 Å². The van der Waals surface area contributed by atoms with Gasteiger partial charge in [0.05, 0.1) is 18.1 Å². The van der Waals surface area contributed by atoms with Gasteiger partial charge in [0.2, 0.25) is 5.91 Å². The predicted molar refractivity (Wildman–Crippen MR) is 165 cm³/mol. The van der Waals surface area contributed by atoms with Gasteiger partial charge in [-0.05, 0) is 61.4 Å². The first-order valence-electron chi connectivity index (χ1n) is 14.6. The second-order valence-electron chi connectivity index (χ2n) is 10.5. The number of ketones is 1. The third-order valence-electron chi connectivity index (χ3n) is 7.50. The van der Waals surface area contributed by atoms with E-state index in [0.717, 1.165) is 55.3 Å². The maximum atomic E-state index is 13.5. The summed E-state index contributed by atoms with van der Waals surface area (Å²) in [6, 6.07) is 16.9. The molecule has 1 fully saturated rings. The summed E-state index contributed by atoms with van der Waals surface area (Å²) in [5.41, 5.74) is 10.3. The zero-order chi connectivity index (χ0) is 29.7. The summed E-state index contributed by atoms with van der Waals surface area (Å²) in [7, 11) is 0. The fourth-order valence-electron chi connectivity index (χ4n) is 4.88. The number of nitrogens with two attached hydrogens (primary N) is 2. The molecule has 1 aliphatic rings. The molecule has 0 saturated heterocycles. The van der Waals surface area contributed by atoms with Gasteiger partial charge < -0.3 is 31.4 Å². The highest BCUT2D eigenvalue weighted by atomic mass is 16.5. The molecule has 9 nitrogen and oxygen atoms in total. The summed E-state index contributed by atoms with van der Waals surface area (Å²) >= 11 is 0. The SMILES string of the molecule is CC/C=C(/NC(Cc1ccc(OCC(=O)C2CCC2)c(/C(N)=N/N)c1)C(=O)NCCCc1ccccc1)c1ccoc1. The largest absolute Gasteiger partial charge is 0.485 e. The summed E-state index contributed by atoms with van der Waals surface area (Å²) in [4.78, 5) is 25.9. The molecule has 0 aliphatic heterocycles. The number of furan rings is 1. The van der Waals surface area contributed by atoms with E-state index in [1.807, 2.05) is 49.4 Å². The monoisotopic (exact) mass is 571 g/mol. The molecule has 0 radical (unpaired) electrons. The minimum absolute atomic E-state index is 0.0275. The van der Waals surface area contributed by atoms with Crippen molar-refractivity contribution in [3.63, 3.8) is 0 Å². The molecule has 222 valence electrons. The zero-order valence-electron chi connectivity index (χ0n) is 24.2. The van der Waals surface area contributed by atoms with Crippen LogP contribution in [0.2, 0.25) is 0 Å². The van der Waals surface area contributed by atoms with Gasteiger partial charge in [0, 0.05) is 30.1 Å². The van der Waals surface area contributed by atoms with E-state index < -0.39 is 6.04 Å². The Morgan fingerprint density at radius 3 is 2.62 bits per heavy atom. The number of nitrogens with one attached hydrogen (secondary N) is 2. The van der Waals surface area contributed by atoms with Gasteiger partial charge in [-0.15, -0.1) is 0 Å². The van der Waals surface area contributed by atoms with E-state index in [1.54, 1.807) is 18.6 Å². The van der Waals surface area contributed by atoms with Crippen LogP contribution in [0, 0.1) is 5.92 Å². The highest BCUT2D eigenvalue weighted by Gasteiger charge is 2.26. The summed E-state index contributed by atoms with van der Waals surface area (Å²) < 4.78 is 11.2. The molecule has 1 heterocycles. The maximum Gasteiger partial charge on any atom is 0.242 e. The summed E-state index contributed by atoms with van der Waals surface area (Å²) in [5, 5.41) is 10.2. The Morgan fingerprint density at radius 2 is 1.95 bits per heavy atom. The average molecular weight is 572 g/mol. The lowest BCUT2D eigenvalue weighted by Gasteiger charge is -2.24. The standard InChI is InChI=1S/C33H41N5O4/c1-2-8-28(26-16-18-41-21-26)37-29(33(40)36-17-7-11-23-9-4-3-5-10-23)20-24-14-15-31(27(19-24)32(34)38-35)42-22-30(39)25-12-6-13-25/h3-5,8-10,14-16,18-19,21,25,29,37H,2,6-7,11-13,17,20,22,35H2,1H3,(H2,34,38)(H,36,40)/b28-8+. The van der Waals surface area contributed by atoms with E-state index in [9.17, 15) is 9.59 Å². The van der Waals surface area contributed by atoms with E-state index in [0.29, 0.717) is 24.3 Å². The minimum atomic E-state index is -0.592. The first-order valence-corrected chi connectivity index (χ1v) is 14.6. The number of benzene rings is 2. The molecule has 3 aromatic rings. The Labute approximate surface area is 247 Å². The Kier molecular flexibility index (Phi) is 11.2. The van der Waals surface area contributed by atoms with Gasteiger partial charge in [0.25, 0.3) is 0 Å². The number of allylic oxidation sites excluding steroid dienone is 1. The van der Waals surface area contributed by atoms with Crippen LogP contribution in [0.5, 0.6) is 5.75 Å². The van der Waals surface area contributed by atoms with Crippen LogP contribution in [0.25, 0.3) is 5.70 Å². The van der Waals surface area contributed by atoms with Crippen LogP contribution in [-0.4, -0.2) is 36.7 Å². The summed E-state index contributed by atoms with van der Waals surface area (Å²) in [5.74, 6) is 6.07. The van der Waals surface area contributed by atoms with Crippen LogP contribution in [-0.2, 0) is 22.4 Å². The van der Waals surface area contributed by atoms with Crippen LogP contribution in [0.3, 0.4) is 0 Å². The number of rotatable bonds is 16. The molecule has 6 N–H and O–H groups in total. The normalized spacial score (nSPS) is 14.6. The Balaban J connectivity index is 1.50. The van der Waals surface area contributed by atoms with Gasteiger partial charge in [-0.2, -0.15) is 5.10 Å². The number of amides is 1. The van der Waals surface area contributed by atoms with Crippen molar-refractivity contribution in [2.24, 2.45) is 22.6 Å². The van der Waals surface area contributed by atoms with Crippen molar-refractivity contribution >= 4 is 23.2 Å². The van der Waals surface area contributed by atoms with Crippen molar-refractivity contribution in [1.82, 2.24) is 10.6 Å². The van der Waals surface area contributed by atoms with Crippen LogP contribution >= 0.6 is 0 Å². The molecule has 1 amide bonds. The smallest absolute Gasteiger partial charge is 0.242 e. The number of hydrogen-bond donors (Lipinski definition) is 4. The number of carbonyl (C=O) groups is 2. The lowest BCUT2D eigenvalue weighted by molar-refractivity contribution is -0.127. The molecule has 2 aromatic carbocycles. The summed E-state index contributed by atoms with van der Waals surface area (Å²) in [6.45, 7) is 2.56. The highest BCUT2D eigenvalue weighted by Crippen LogP contribution is 2.28. The van der Waals surface area contributed by atoms with Gasteiger partial charge in [0.15, 0.2) is 11.6 Å². The molecule has 1 saturated carbocycles. The number of carbonyl (C=O) groups excluding carboxylic acids is 2. The topological polar surface area (TPSA) is 145 Å². The van der Waals surface area contributed by atoms with Crippen LogP contribution in [0.15, 0.2) is 82.7 Å². The number of ether oxygens (including phenoxy) is 1.